The Morgan fingerprint density at radius 2 is 1.97 bits per heavy atom. The van der Waals surface area contributed by atoms with E-state index in [1.165, 1.54) is 23.9 Å². The standard InChI is InChI=1S/C23H25FN2O3S/c1-4-28-19-12-7-6-11-18(19)21-20(22(27)29-5-2)15(3)25-23(26-21)30-14-16-9-8-10-17(24)13-16/h6-13,21H,4-5,14H2,1-3H3,(H,25,26)/t21-/m1/s1. The molecule has 0 saturated carbocycles. The van der Waals surface area contributed by atoms with Crippen LogP contribution in [0.25, 0.3) is 0 Å². The van der Waals surface area contributed by atoms with E-state index in [0.717, 1.165) is 11.1 Å². The number of aliphatic imine (C=N–C) groups is 1. The Morgan fingerprint density at radius 1 is 1.17 bits per heavy atom. The lowest BCUT2D eigenvalue weighted by molar-refractivity contribution is -0.138. The zero-order valence-corrected chi connectivity index (χ0v) is 18.1. The van der Waals surface area contributed by atoms with Crippen molar-refractivity contribution in [2.75, 3.05) is 13.2 Å². The Bertz CT molecular complexity index is 974. The van der Waals surface area contributed by atoms with E-state index in [1.54, 1.807) is 13.0 Å². The van der Waals surface area contributed by atoms with Gasteiger partial charge in [0.1, 0.15) is 17.6 Å². The van der Waals surface area contributed by atoms with Crippen LogP contribution in [-0.4, -0.2) is 24.4 Å². The number of halogens is 1. The Kier molecular flexibility index (Phi) is 7.52. The summed E-state index contributed by atoms with van der Waals surface area (Å²) in [6.45, 7) is 6.30. The van der Waals surface area contributed by atoms with Gasteiger partial charge in [-0.1, -0.05) is 42.1 Å². The third kappa shape index (κ3) is 5.21. The molecule has 1 aliphatic heterocycles. The molecule has 0 unspecified atom stereocenters. The van der Waals surface area contributed by atoms with Crippen molar-refractivity contribution in [1.29, 1.82) is 0 Å². The molecule has 1 aliphatic rings. The molecule has 0 fully saturated rings. The molecule has 0 aromatic heterocycles. The quantitative estimate of drug-likeness (QED) is 0.629. The number of para-hydroxylation sites is 1. The monoisotopic (exact) mass is 428 g/mol. The molecule has 1 heterocycles. The van der Waals surface area contributed by atoms with Crippen LogP contribution >= 0.6 is 11.8 Å². The van der Waals surface area contributed by atoms with E-state index in [9.17, 15) is 9.18 Å². The van der Waals surface area contributed by atoms with Crippen LogP contribution in [-0.2, 0) is 15.3 Å². The normalized spacial score (nSPS) is 16.0. The average molecular weight is 429 g/mol. The molecule has 1 atom stereocenters. The number of thioether (sulfide) groups is 1. The summed E-state index contributed by atoms with van der Waals surface area (Å²) in [6, 6.07) is 13.5. The van der Waals surface area contributed by atoms with E-state index in [1.807, 2.05) is 44.2 Å². The largest absolute Gasteiger partial charge is 0.494 e. The lowest BCUT2D eigenvalue weighted by atomic mass is 9.96. The molecule has 7 heteroatoms. The molecule has 3 rings (SSSR count). The van der Waals surface area contributed by atoms with Gasteiger partial charge in [-0.3, -0.25) is 0 Å². The van der Waals surface area contributed by atoms with Gasteiger partial charge in [0.15, 0.2) is 5.17 Å². The first kappa shape index (κ1) is 21.9. The number of benzene rings is 2. The van der Waals surface area contributed by atoms with Crippen LogP contribution in [0, 0.1) is 5.82 Å². The minimum atomic E-state index is -0.553. The number of allylic oxidation sites excluding steroid dienone is 1. The maximum Gasteiger partial charge on any atom is 0.338 e. The topological polar surface area (TPSA) is 59.9 Å². The van der Waals surface area contributed by atoms with Gasteiger partial charge in [-0.05, 0) is 44.5 Å². The number of hydrogen-bond acceptors (Lipinski definition) is 6. The van der Waals surface area contributed by atoms with E-state index < -0.39 is 12.0 Å². The second-order valence-electron chi connectivity index (χ2n) is 6.61. The maximum atomic E-state index is 13.5. The van der Waals surface area contributed by atoms with Crippen LogP contribution in [0.5, 0.6) is 5.75 Å². The van der Waals surface area contributed by atoms with E-state index >= 15 is 0 Å². The van der Waals surface area contributed by atoms with Crippen molar-refractivity contribution in [3.05, 3.63) is 76.7 Å². The van der Waals surface area contributed by atoms with Gasteiger partial charge in [-0.2, -0.15) is 0 Å². The van der Waals surface area contributed by atoms with E-state index in [0.29, 0.717) is 34.5 Å². The molecular formula is C23H25FN2O3S. The van der Waals surface area contributed by atoms with Crippen LogP contribution in [0.3, 0.4) is 0 Å². The zero-order chi connectivity index (χ0) is 21.5. The number of amidine groups is 1. The second kappa shape index (κ2) is 10.3. The minimum Gasteiger partial charge on any atom is -0.494 e. The summed E-state index contributed by atoms with van der Waals surface area (Å²) < 4.78 is 24.5. The molecular weight excluding hydrogens is 403 g/mol. The predicted octanol–water partition coefficient (Wildman–Crippen LogP) is 5.00. The van der Waals surface area contributed by atoms with Crippen molar-refractivity contribution in [2.45, 2.75) is 32.6 Å². The second-order valence-corrected chi connectivity index (χ2v) is 7.57. The van der Waals surface area contributed by atoms with Gasteiger partial charge in [-0.25, -0.2) is 14.2 Å². The average Bonchev–Trinajstić information content (AvgIpc) is 2.72. The van der Waals surface area contributed by atoms with E-state index in [2.05, 4.69) is 5.32 Å². The van der Waals surface area contributed by atoms with Crippen molar-refractivity contribution in [2.24, 2.45) is 4.99 Å². The third-order valence-corrected chi connectivity index (χ3v) is 5.45. The number of rotatable bonds is 7. The fraction of sp³-hybridized carbons (Fsp3) is 0.304. The maximum absolute atomic E-state index is 13.5. The molecule has 0 aliphatic carbocycles. The molecule has 0 radical (unpaired) electrons. The zero-order valence-electron chi connectivity index (χ0n) is 17.3. The predicted molar refractivity (Wildman–Crippen MR) is 118 cm³/mol. The molecule has 2 aromatic rings. The van der Waals surface area contributed by atoms with Crippen LogP contribution in [0.2, 0.25) is 0 Å². The molecule has 0 amide bonds. The number of nitrogens with zero attached hydrogens (tertiary/aromatic N) is 1. The van der Waals surface area contributed by atoms with Gasteiger partial charge in [0.2, 0.25) is 0 Å². The first-order chi connectivity index (χ1) is 14.5. The number of ether oxygens (including phenoxy) is 2. The van der Waals surface area contributed by atoms with E-state index in [4.69, 9.17) is 14.5 Å². The summed E-state index contributed by atoms with van der Waals surface area (Å²) in [6.07, 6.45) is 0. The number of carbonyl (C=O) groups is 1. The molecule has 0 saturated heterocycles. The number of hydrogen-bond donors (Lipinski definition) is 1. The van der Waals surface area contributed by atoms with Crippen molar-refractivity contribution in [3.63, 3.8) is 0 Å². The van der Waals surface area contributed by atoms with E-state index in [-0.39, 0.29) is 12.4 Å². The Labute approximate surface area is 180 Å². The highest BCUT2D eigenvalue weighted by Crippen LogP contribution is 2.37. The Hall–Kier alpha value is -2.80. The first-order valence-corrected chi connectivity index (χ1v) is 10.8. The number of esters is 1. The number of nitrogens with one attached hydrogen (secondary N) is 1. The lowest BCUT2D eigenvalue weighted by Crippen LogP contribution is -2.30. The van der Waals surface area contributed by atoms with Gasteiger partial charge in [-0.15, -0.1) is 0 Å². The molecule has 30 heavy (non-hydrogen) atoms. The minimum absolute atomic E-state index is 0.268. The van der Waals surface area contributed by atoms with Gasteiger partial charge < -0.3 is 14.8 Å². The van der Waals surface area contributed by atoms with Crippen LogP contribution in [0.15, 0.2) is 64.8 Å². The van der Waals surface area contributed by atoms with Gasteiger partial charge >= 0.3 is 5.97 Å². The lowest BCUT2D eigenvalue weighted by Gasteiger charge is -2.27. The fourth-order valence-corrected chi connectivity index (χ4v) is 4.08. The van der Waals surface area contributed by atoms with Crippen LogP contribution in [0.4, 0.5) is 4.39 Å². The summed E-state index contributed by atoms with van der Waals surface area (Å²) in [5.74, 6) is 0.554. The summed E-state index contributed by atoms with van der Waals surface area (Å²) >= 11 is 1.45. The molecule has 0 bridgehead atoms. The van der Waals surface area contributed by atoms with Crippen molar-refractivity contribution in [1.82, 2.24) is 5.32 Å². The highest BCUT2D eigenvalue weighted by atomic mass is 32.2. The summed E-state index contributed by atoms with van der Waals surface area (Å²) in [5.41, 5.74) is 2.79. The highest BCUT2D eigenvalue weighted by Gasteiger charge is 2.32. The van der Waals surface area contributed by atoms with Gasteiger partial charge in [0.05, 0.1) is 18.8 Å². The third-order valence-electron chi connectivity index (χ3n) is 4.49. The summed E-state index contributed by atoms with van der Waals surface area (Å²) in [7, 11) is 0. The Balaban J connectivity index is 1.94. The SMILES string of the molecule is CCOC(=O)C1=C(C)NC(SCc2cccc(F)c2)=N[C@@H]1c1ccccc1OCC. The first-order valence-electron chi connectivity index (χ1n) is 9.85. The molecule has 0 spiro atoms. The van der Waals surface area contributed by atoms with Gasteiger partial charge in [0.25, 0.3) is 0 Å². The highest BCUT2D eigenvalue weighted by molar-refractivity contribution is 8.13. The smallest absolute Gasteiger partial charge is 0.338 e. The molecule has 158 valence electrons. The van der Waals surface area contributed by atoms with Crippen molar-refractivity contribution in [3.8, 4) is 5.75 Å². The molecule has 5 nitrogen and oxygen atoms in total. The molecule has 1 N–H and O–H groups in total. The van der Waals surface area contributed by atoms with Crippen molar-refractivity contribution < 1.29 is 18.7 Å². The molecule has 2 aromatic carbocycles. The summed E-state index contributed by atoms with van der Waals surface area (Å²) in [4.78, 5) is 17.5. The van der Waals surface area contributed by atoms with Crippen LogP contribution < -0.4 is 10.1 Å². The Morgan fingerprint density at radius 3 is 2.70 bits per heavy atom. The fourth-order valence-electron chi connectivity index (χ4n) is 3.19. The van der Waals surface area contributed by atoms with Crippen molar-refractivity contribution >= 4 is 22.9 Å². The summed E-state index contributed by atoms with van der Waals surface area (Å²) in [5, 5.41) is 3.85. The number of carbonyl (C=O) groups excluding carboxylic acids is 1. The van der Waals surface area contributed by atoms with Crippen LogP contribution in [0.1, 0.15) is 37.9 Å². The van der Waals surface area contributed by atoms with Gasteiger partial charge in [0, 0.05) is 17.0 Å².